The molecular weight excluding hydrogens is 308 g/mol. The van der Waals surface area contributed by atoms with Crippen LogP contribution in [0.3, 0.4) is 0 Å². The molecule has 1 aromatic heterocycles. The highest BCUT2D eigenvalue weighted by atomic mass is 32.2. The summed E-state index contributed by atoms with van der Waals surface area (Å²) in [6.45, 7) is 5.45. The Morgan fingerprint density at radius 1 is 1.52 bits per heavy atom. The van der Waals surface area contributed by atoms with Gasteiger partial charge in [0.1, 0.15) is 4.90 Å². The molecule has 1 aliphatic rings. The van der Waals surface area contributed by atoms with Crippen LogP contribution in [0.4, 0.5) is 0 Å². The molecule has 2 rings (SSSR count). The van der Waals surface area contributed by atoms with E-state index < -0.39 is 10.0 Å². The summed E-state index contributed by atoms with van der Waals surface area (Å²) >= 11 is 1.72. The van der Waals surface area contributed by atoms with E-state index in [0.29, 0.717) is 12.6 Å². The predicted molar refractivity (Wildman–Crippen MR) is 86.0 cm³/mol. The van der Waals surface area contributed by atoms with E-state index in [1.807, 2.05) is 6.92 Å². The van der Waals surface area contributed by atoms with Gasteiger partial charge in [-0.15, -0.1) is 0 Å². The van der Waals surface area contributed by atoms with Gasteiger partial charge in [0.15, 0.2) is 0 Å². The number of aromatic nitrogens is 2. The van der Waals surface area contributed by atoms with Crippen LogP contribution in [0, 0.1) is 0 Å². The molecule has 1 unspecified atom stereocenters. The largest absolute Gasteiger partial charge is 0.312 e. The van der Waals surface area contributed by atoms with E-state index in [4.69, 9.17) is 0 Å². The monoisotopic (exact) mass is 332 g/mol. The fourth-order valence-electron chi connectivity index (χ4n) is 1.94. The molecule has 120 valence electrons. The fourth-order valence-corrected chi connectivity index (χ4v) is 3.91. The van der Waals surface area contributed by atoms with E-state index in [9.17, 15) is 8.42 Å². The molecule has 2 N–H and O–H groups in total. The topological polar surface area (TPSA) is 76.0 Å². The standard InChI is InChI=1S/C13H24N4O2S2/c1-3-20-10-11(2)16-21(18,19)13-8-15-17(9-13)7-6-14-12-4-5-12/h8-9,11-12,14,16H,3-7,10H2,1-2H3. The highest BCUT2D eigenvalue weighted by Crippen LogP contribution is 2.18. The van der Waals surface area contributed by atoms with E-state index in [1.54, 1.807) is 22.6 Å². The fraction of sp³-hybridized carbons (Fsp3) is 0.769. The Hall–Kier alpha value is -0.570. The second kappa shape index (κ2) is 7.62. The molecular formula is C13H24N4O2S2. The van der Waals surface area contributed by atoms with Crippen molar-refractivity contribution in [1.82, 2.24) is 19.8 Å². The summed E-state index contributed by atoms with van der Waals surface area (Å²) in [7, 11) is -3.47. The van der Waals surface area contributed by atoms with Crippen molar-refractivity contribution in [3.05, 3.63) is 12.4 Å². The molecule has 0 radical (unpaired) electrons. The molecule has 0 aromatic carbocycles. The summed E-state index contributed by atoms with van der Waals surface area (Å²) in [4.78, 5) is 0.238. The van der Waals surface area contributed by atoms with Gasteiger partial charge in [-0.1, -0.05) is 6.92 Å². The van der Waals surface area contributed by atoms with Crippen LogP contribution in [-0.2, 0) is 16.6 Å². The molecule has 1 aromatic rings. The van der Waals surface area contributed by atoms with Crippen molar-refractivity contribution in [1.29, 1.82) is 0 Å². The minimum absolute atomic E-state index is 0.0835. The van der Waals surface area contributed by atoms with Gasteiger partial charge in [-0.3, -0.25) is 4.68 Å². The highest BCUT2D eigenvalue weighted by Gasteiger charge is 2.21. The first-order valence-electron chi connectivity index (χ1n) is 7.37. The molecule has 0 bridgehead atoms. The van der Waals surface area contributed by atoms with Gasteiger partial charge >= 0.3 is 0 Å². The third kappa shape index (κ3) is 5.61. The minimum atomic E-state index is -3.47. The maximum absolute atomic E-state index is 12.2. The highest BCUT2D eigenvalue weighted by molar-refractivity contribution is 7.99. The zero-order valence-corrected chi connectivity index (χ0v) is 14.2. The number of nitrogens with zero attached hydrogens (tertiary/aromatic N) is 2. The molecule has 1 heterocycles. The lowest BCUT2D eigenvalue weighted by Gasteiger charge is -2.12. The maximum Gasteiger partial charge on any atom is 0.243 e. The summed E-state index contributed by atoms with van der Waals surface area (Å²) in [5, 5.41) is 7.50. The number of nitrogens with one attached hydrogen (secondary N) is 2. The lowest BCUT2D eigenvalue weighted by Crippen LogP contribution is -2.34. The second-order valence-electron chi connectivity index (χ2n) is 5.35. The van der Waals surface area contributed by atoms with Gasteiger partial charge in [-0.25, -0.2) is 13.1 Å². The minimum Gasteiger partial charge on any atom is -0.312 e. The Labute approximate surface area is 131 Å². The van der Waals surface area contributed by atoms with Crippen LogP contribution >= 0.6 is 11.8 Å². The Kier molecular flexibility index (Phi) is 6.09. The van der Waals surface area contributed by atoms with Gasteiger partial charge in [-0.05, 0) is 25.5 Å². The summed E-state index contributed by atoms with van der Waals surface area (Å²) in [5.74, 6) is 1.76. The summed E-state index contributed by atoms with van der Waals surface area (Å²) in [5.41, 5.74) is 0. The van der Waals surface area contributed by atoms with Crippen molar-refractivity contribution < 1.29 is 8.42 Å². The first kappa shape index (κ1) is 16.8. The molecule has 0 saturated heterocycles. The number of thioether (sulfide) groups is 1. The van der Waals surface area contributed by atoms with Crippen molar-refractivity contribution in [3.63, 3.8) is 0 Å². The molecule has 1 aliphatic carbocycles. The first-order valence-corrected chi connectivity index (χ1v) is 10.0. The van der Waals surface area contributed by atoms with Crippen LogP contribution in [0.25, 0.3) is 0 Å². The molecule has 0 amide bonds. The molecule has 1 saturated carbocycles. The third-order valence-corrected chi connectivity index (χ3v) is 5.89. The van der Waals surface area contributed by atoms with E-state index >= 15 is 0 Å². The van der Waals surface area contributed by atoms with Crippen LogP contribution in [0.5, 0.6) is 0 Å². The van der Waals surface area contributed by atoms with Crippen LogP contribution in [0.1, 0.15) is 26.7 Å². The number of sulfonamides is 1. The van der Waals surface area contributed by atoms with E-state index in [0.717, 1.165) is 18.1 Å². The van der Waals surface area contributed by atoms with Crippen molar-refractivity contribution in [2.24, 2.45) is 0 Å². The number of hydrogen-bond acceptors (Lipinski definition) is 5. The van der Waals surface area contributed by atoms with Crippen molar-refractivity contribution in [3.8, 4) is 0 Å². The summed E-state index contributed by atoms with van der Waals surface area (Å²) in [6, 6.07) is 0.571. The molecule has 0 spiro atoms. The van der Waals surface area contributed by atoms with Crippen LogP contribution in [0.2, 0.25) is 0 Å². The van der Waals surface area contributed by atoms with Gasteiger partial charge < -0.3 is 5.32 Å². The zero-order chi connectivity index (χ0) is 15.3. The SMILES string of the molecule is CCSCC(C)NS(=O)(=O)c1cnn(CCNC2CC2)c1. The average Bonchev–Trinajstić information content (AvgIpc) is 3.11. The molecule has 0 aliphatic heterocycles. The van der Waals surface area contributed by atoms with Crippen molar-refractivity contribution >= 4 is 21.8 Å². The van der Waals surface area contributed by atoms with Crippen LogP contribution in [0.15, 0.2) is 17.3 Å². The molecule has 1 fully saturated rings. The van der Waals surface area contributed by atoms with E-state index in [-0.39, 0.29) is 10.9 Å². The summed E-state index contributed by atoms with van der Waals surface area (Å²) < 4.78 is 28.8. The van der Waals surface area contributed by atoms with Crippen LogP contribution in [-0.4, -0.2) is 48.3 Å². The van der Waals surface area contributed by atoms with Gasteiger partial charge in [0.25, 0.3) is 0 Å². The van der Waals surface area contributed by atoms with Gasteiger partial charge in [0.2, 0.25) is 10.0 Å². The molecule has 1 atom stereocenters. The molecule has 21 heavy (non-hydrogen) atoms. The normalized spacial score (nSPS) is 17.0. The second-order valence-corrected chi connectivity index (χ2v) is 8.38. The lowest BCUT2D eigenvalue weighted by molar-refractivity contribution is 0.551. The zero-order valence-electron chi connectivity index (χ0n) is 12.6. The van der Waals surface area contributed by atoms with Gasteiger partial charge in [0, 0.05) is 30.6 Å². The molecule has 6 nitrogen and oxygen atoms in total. The maximum atomic E-state index is 12.2. The average molecular weight is 332 g/mol. The Morgan fingerprint density at radius 2 is 2.29 bits per heavy atom. The number of rotatable bonds is 10. The quantitative estimate of drug-likeness (QED) is 0.670. The van der Waals surface area contributed by atoms with Gasteiger partial charge in [0.05, 0.1) is 12.7 Å². The summed E-state index contributed by atoms with van der Waals surface area (Å²) in [6.07, 6.45) is 5.50. The number of hydrogen-bond donors (Lipinski definition) is 2. The van der Waals surface area contributed by atoms with Crippen molar-refractivity contribution in [2.75, 3.05) is 18.1 Å². The first-order chi connectivity index (χ1) is 10.0. The van der Waals surface area contributed by atoms with Crippen LogP contribution < -0.4 is 10.0 Å². The lowest BCUT2D eigenvalue weighted by atomic mass is 10.4. The third-order valence-electron chi connectivity index (χ3n) is 3.20. The Balaban J connectivity index is 1.85. The smallest absolute Gasteiger partial charge is 0.243 e. The predicted octanol–water partition coefficient (Wildman–Crippen LogP) is 1.06. The Bertz CT molecular complexity index is 540. The van der Waals surface area contributed by atoms with Crippen molar-refractivity contribution in [2.45, 2.75) is 50.2 Å². The Morgan fingerprint density at radius 3 is 2.95 bits per heavy atom. The molecule has 8 heteroatoms. The van der Waals surface area contributed by atoms with Gasteiger partial charge in [-0.2, -0.15) is 16.9 Å². The van der Waals surface area contributed by atoms with E-state index in [2.05, 4.69) is 22.1 Å². The van der Waals surface area contributed by atoms with E-state index in [1.165, 1.54) is 19.0 Å².